The molecule has 4 heteroatoms. The van der Waals surface area contributed by atoms with Gasteiger partial charge in [-0.1, -0.05) is 29.0 Å². The first-order chi connectivity index (χ1) is 6.22. The van der Waals surface area contributed by atoms with E-state index in [2.05, 4.69) is 0 Å². The Morgan fingerprint density at radius 2 is 2.23 bits per heavy atom. The van der Waals surface area contributed by atoms with Crippen LogP contribution in [0.3, 0.4) is 0 Å². The average Bonchev–Trinajstić information content (AvgIpc) is 2.45. The van der Waals surface area contributed by atoms with Gasteiger partial charge < -0.3 is 5.11 Å². The van der Waals surface area contributed by atoms with E-state index >= 15 is 0 Å². The first-order valence-corrected chi connectivity index (χ1v) is 6.09. The quantitative estimate of drug-likeness (QED) is 0.748. The number of halogens is 1. The number of hydrogen-bond acceptors (Lipinski definition) is 3. The summed E-state index contributed by atoms with van der Waals surface area (Å²) in [6, 6.07) is 5.55. The van der Waals surface area contributed by atoms with Crippen molar-refractivity contribution in [3.8, 4) is 5.06 Å². The van der Waals surface area contributed by atoms with Crippen LogP contribution in [-0.4, -0.2) is 11.4 Å². The number of thiophene rings is 1. The van der Waals surface area contributed by atoms with Crippen molar-refractivity contribution in [2.24, 2.45) is 0 Å². The number of rotatable bonds is 1. The van der Waals surface area contributed by atoms with Crippen molar-refractivity contribution in [2.45, 2.75) is 4.90 Å². The second kappa shape index (κ2) is 3.40. The van der Waals surface area contributed by atoms with Crippen LogP contribution < -0.4 is 0 Å². The lowest BCUT2D eigenvalue weighted by atomic mass is 10.3. The number of thioether (sulfide) groups is 1. The zero-order valence-electron chi connectivity index (χ0n) is 6.87. The lowest BCUT2D eigenvalue weighted by molar-refractivity contribution is 0.491. The van der Waals surface area contributed by atoms with Crippen LogP contribution in [0.25, 0.3) is 10.1 Å². The lowest BCUT2D eigenvalue weighted by Crippen LogP contribution is -1.72. The first kappa shape index (κ1) is 9.19. The van der Waals surface area contributed by atoms with Crippen LogP contribution >= 0.6 is 34.7 Å². The molecule has 0 spiro atoms. The predicted octanol–water partition coefficient (Wildman–Crippen LogP) is 3.98. The summed E-state index contributed by atoms with van der Waals surface area (Å²) in [7, 11) is 0. The Bertz CT molecular complexity index is 450. The van der Waals surface area contributed by atoms with Gasteiger partial charge in [-0.05, 0) is 23.8 Å². The topological polar surface area (TPSA) is 20.2 Å². The molecular weight excluding hydrogens is 224 g/mol. The molecular formula is C9H7ClOS2. The highest BCUT2D eigenvalue weighted by molar-refractivity contribution is 7.99. The van der Waals surface area contributed by atoms with E-state index in [9.17, 15) is 5.11 Å². The monoisotopic (exact) mass is 230 g/mol. The summed E-state index contributed by atoms with van der Waals surface area (Å²) in [6.07, 6.45) is 1.98. The molecule has 0 bridgehead atoms. The van der Waals surface area contributed by atoms with Crippen molar-refractivity contribution in [2.75, 3.05) is 6.26 Å². The van der Waals surface area contributed by atoms with E-state index in [0.717, 1.165) is 20.0 Å². The van der Waals surface area contributed by atoms with Gasteiger partial charge in [0.1, 0.15) is 0 Å². The second-order valence-electron chi connectivity index (χ2n) is 2.58. The molecule has 0 saturated heterocycles. The van der Waals surface area contributed by atoms with Crippen LogP contribution in [0.2, 0.25) is 5.02 Å². The molecule has 1 aromatic heterocycles. The average molecular weight is 231 g/mol. The molecule has 68 valence electrons. The van der Waals surface area contributed by atoms with Gasteiger partial charge in [0, 0.05) is 4.90 Å². The molecule has 2 rings (SSSR count). The minimum atomic E-state index is 0.340. The zero-order chi connectivity index (χ0) is 9.42. The van der Waals surface area contributed by atoms with E-state index in [4.69, 9.17) is 11.6 Å². The Labute approximate surface area is 89.3 Å². The Balaban J connectivity index is 2.82. The molecule has 1 aromatic carbocycles. The Morgan fingerprint density at radius 3 is 2.92 bits per heavy atom. The van der Waals surface area contributed by atoms with E-state index in [-0.39, 0.29) is 0 Å². The Kier molecular flexibility index (Phi) is 2.41. The molecule has 0 aliphatic heterocycles. The van der Waals surface area contributed by atoms with Gasteiger partial charge in [0.2, 0.25) is 0 Å². The third-order valence-electron chi connectivity index (χ3n) is 1.78. The molecule has 2 aromatic rings. The summed E-state index contributed by atoms with van der Waals surface area (Å²) >= 11 is 8.99. The highest BCUT2D eigenvalue weighted by Crippen LogP contribution is 2.40. The molecule has 0 fully saturated rings. The van der Waals surface area contributed by atoms with Crippen LogP contribution in [0.4, 0.5) is 0 Å². The van der Waals surface area contributed by atoms with Crippen LogP contribution in [0, 0.1) is 0 Å². The summed E-state index contributed by atoms with van der Waals surface area (Å²) in [5.74, 6) is 0. The van der Waals surface area contributed by atoms with E-state index in [1.807, 2.05) is 18.4 Å². The minimum Gasteiger partial charge on any atom is -0.499 e. The van der Waals surface area contributed by atoms with Gasteiger partial charge in [0.05, 0.1) is 9.72 Å². The van der Waals surface area contributed by atoms with Gasteiger partial charge in [0.25, 0.3) is 0 Å². The van der Waals surface area contributed by atoms with Crippen LogP contribution in [0.1, 0.15) is 0 Å². The summed E-state index contributed by atoms with van der Waals surface area (Å²) in [6.45, 7) is 0. The van der Waals surface area contributed by atoms with Gasteiger partial charge in [-0.2, -0.15) is 0 Å². The summed E-state index contributed by atoms with van der Waals surface area (Å²) < 4.78 is 1.07. The Morgan fingerprint density at radius 1 is 1.46 bits per heavy atom. The first-order valence-electron chi connectivity index (χ1n) is 3.67. The molecule has 1 nitrogen and oxygen atoms in total. The van der Waals surface area contributed by atoms with Gasteiger partial charge >= 0.3 is 0 Å². The molecule has 0 amide bonds. The molecule has 1 heterocycles. The molecule has 0 aliphatic carbocycles. The second-order valence-corrected chi connectivity index (χ2v) is 4.84. The summed E-state index contributed by atoms with van der Waals surface area (Å²) in [4.78, 5) is 1.05. The number of fused-ring (bicyclic) bond motifs is 1. The third kappa shape index (κ3) is 1.52. The molecule has 0 aliphatic rings. The molecule has 0 radical (unpaired) electrons. The van der Waals surface area contributed by atoms with E-state index in [1.54, 1.807) is 17.8 Å². The normalized spacial score (nSPS) is 10.9. The maximum absolute atomic E-state index is 9.33. The molecule has 0 unspecified atom stereocenters. The minimum absolute atomic E-state index is 0.340. The van der Waals surface area contributed by atoms with Crippen molar-refractivity contribution < 1.29 is 5.11 Å². The van der Waals surface area contributed by atoms with Crippen LogP contribution in [0.15, 0.2) is 23.1 Å². The van der Waals surface area contributed by atoms with E-state index in [0.29, 0.717) is 5.06 Å². The summed E-state index contributed by atoms with van der Waals surface area (Å²) in [5, 5.41) is 11.5. The molecule has 1 N–H and O–H groups in total. The fourth-order valence-electron chi connectivity index (χ4n) is 1.23. The maximum Gasteiger partial charge on any atom is 0.172 e. The SMILES string of the molecule is CSc1c(Cl)ccc2cc(O)sc12. The number of hydrogen-bond donors (Lipinski definition) is 1. The van der Waals surface area contributed by atoms with Gasteiger partial charge in [-0.3, -0.25) is 0 Å². The molecule has 0 atom stereocenters. The van der Waals surface area contributed by atoms with Crippen molar-refractivity contribution in [3.05, 3.63) is 23.2 Å². The summed E-state index contributed by atoms with van der Waals surface area (Å²) in [5.41, 5.74) is 0. The van der Waals surface area contributed by atoms with Gasteiger partial charge in [0.15, 0.2) is 5.06 Å². The third-order valence-corrected chi connectivity index (χ3v) is 4.14. The van der Waals surface area contributed by atoms with E-state index in [1.165, 1.54) is 11.3 Å². The Hall–Kier alpha value is -0.380. The van der Waals surface area contributed by atoms with E-state index < -0.39 is 0 Å². The smallest absolute Gasteiger partial charge is 0.172 e. The predicted molar refractivity (Wildman–Crippen MR) is 60.3 cm³/mol. The lowest BCUT2D eigenvalue weighted by Gasteiger charge is -2.00. The van der Waals surface area contributed by atoms with Crippen molar-refractivity contribution >= 4 is 44.8 Å². The van der Waals surface area contributed by atoms with Crippen LogP contribution in [-0.2, 0) is 0 Å². The highest BCUT2D eigenvalue weighted by atomic mass is 35.5. The molecule has 13 heavy (non-hydrogen) atoms. The van der Waals surface area contributed by atoms with Crippen LogP contribution in [0.5, 0.6) is 5.06 Å². The standard InChI is InChI=1S/C9H7ClOS2/c1-12-9-6(10)3-2-5-4-7(11)13-8(5)9/h2-4,11H,1H3. The number of aromatic hydroxyl groups is 1. The van der Waals surface area contributed by atoms with Gasteiger partial charge in [-0.15, -0.1) is 11.8 Å². The number of benzene rings is 1. The fourth-order valence-corrected chi connectivity index (χ4v) is 3.46. The van der Waals surface area contributed by atoms with Crippen molar-refractivity contribution in [1.82, 2.24) is 0 Å². The maximum atomic E-state index is 9.33. The van der Waals surface area contributed by atoms with Crippen molar-refractivity contribution in [3.63, 3.8) is 0 Å². The van der Waals surface area contributed by atoms with Gasteiger partial charge in [-0.25, -0.2) is 0 Å². The van der Waals surface area contributed by atoms with Crippen molar-refractivity contribution in [1.29, 1.82) is 0 Å². The zero-order valence-corrected chi connectivity index (χ0v) is 9.26. The highest BCUT2D eigenvalue weighted by Gasteiger charge is 2.08. The molecule has 0 saturated carbocycles. The largest absolute Gasteiger partial charge is 0.499 e. The fraction of sp³-hybridized carbons (Fsp3) is 0.111.